The first-order chi connectivity index (χ1) is 16.2. The highest BCUT2D eigenvalue weighted by Crippen LogP contribution is 2.29. The van der Waals surface area contributed by atoms with Gasteiger partial charge in [-0.05, 0) is 12.8 Å². The van der Waals surface area contributed by atoms with Gasteiger partial charge in [-0.2, -0.15) is 18.3 Å². The van der Waals surface area contributed by atoms with E-state index in [0.29, 0.717) is 39.0 Å². The third-order valence-electron chi connectivity index (χ3n) is 5.67. The number of halogens is 4. The lowest BCUT2D eigenvalue weighted by Crippen LogP contribution is -2.49. The molecular formula is C20H22ClF3N6O4. The van der Waals surface area contributed by atoms with Crippen molar-refractivity contribution in [3.63, 3.8) is 0 Å². The summed E-state index contributed by atoms with van der Waals surface area (Å²) in [6, 6.07) is 0. The van der Waals surface area contributed by atoms with Crippen LogP contribution in [0.1, 0.15) is 24.8 Å². The summed E-state index contributed by atoms with van der Waals surface area (Å²) >= 11 is 5.88. The first kappa shape index (κ1) is 24.2. The molecule has 4 heterocycles. The molecule has 2 aromatic rings. The minimum Gasteiger partial charge on any atom is -0.487 e. The summed E-state index contributed by atoms with van der Waals surface area (Å²) in [5.41, 5.74) is -1.44. The van der Waals surface area contributed by atoms with Crippen molar-refractivity contribution < 1.29 is 27.4 Å². The van der Waals surface area contributed by atoms with Crippen LogP contribution in [0.3, 0.4) is 0 Å². The Morgan fingerprint density at radius 2 is 1.82 bits per heavy atom. The number of aromatic nitrogens is 4. The Labute approximate surface area is 197 Å². The average molecular weight is 503 g/mol. The highest BCUT2D eigenvalue weighted by atomic mass is 35.5. The molecule has 2 saturated heterocycles. The van der Waals surface area contributed by atoms with Crippen LogP contribution in [-0.2, 0) is 15.7 Å². The summed E-state index contributed by atoms with van der Waals surface area (Å²) in [6.45, 7) is 1.85. The molecule has 10 nitrogen and oxygen atoms in total. The first-order valence-corrected chi connectivity index (χ1v) is 11.0. The second kappa shape index (κ2) is 10.1. The number of rotatable bonds is 6. The van der Waals surface area contributed by atoms with Gasteiger partial charge in [-0.15, -0.1) is 0 Å². The molecule has 0 spiro atoms. The van der Waals surface area contributed by atoms with Gasteiger partial charge in [0.15, 0.2) is 10.8 Å². The number of hydrogen-bond donors (Lipinski definition) is 1. The molecule has 1 amide bonds. The minimum absolute atomic E-state index is 0.0543. The highest BCUT2D eigenvalue weighted by molar-refractivity contribution is 6.31. The SMILES string of the molecule is O=C(C[C@@H]1CC[C@@H](COc2cn[nH]c(=O)c2Cl)O1)N1CCN(c2ncc(C(F)(F)F)cn2)CC1. The van der Waals surface area contributed by atoms with E-state index in [-0.39, 0.29) is 47.9 Å². The molecule has 1 N–H and O–H groups in total. The monoisotopic (exact) mass is 502 g/mol. The number of carbonyl (C=O) groups is 1. The van der Waals surface area contributed by atoms with Crippen molar-refractivity contribution in [3.05, 3.63) is 39.5 Å². The standard InChI is InChI=1S/C20H22ClF3N6O4/c21-17-15(10-27-28-18(17)32)33-11-14-2-1-13(34-14)7-16(31)29-3-5-30(6-4-29)19-25-8-12(9-26-19)20(22,23)24/h8-10,13-14H,1-7,11H2,(H,28,32)/t13-,14-/m0/s1. The Balaban J connectivity index is 1.21. The fourth-order valence-corrected chi connectivity index (χ4v) is 3.96. The van der Waals surface area contributed by atoms with E-state index in [9.17, 15) is 22.8 Å². The van der Waals surface area contributed by atoms with Gasteiger partial charge in [0, 0.05) is 38.6 Å². The normalized spacial score (nSPS) is 21.1. The first-order valence-electron chi connectivity index (χ1n) is 10.6. The van der Waals surface area contributed by atoms with Crippen molar-refractivity contribution in [3.8, 4) is 5.75 Å². The Morgan fingerprint density at radius 1 is 1.15 bits per heavy atom. The molecule has 2 aliphatic heterocycles. The zero-order valence-electron chi connectivity index (χ0n) is 17.9. The maximum absolute atomic E-state index is 12.7. The third-order valence-corrected chi connectivity index (χ3v) is 6.02. The summed E-state index contributed by atoms with van der Waals surface area (Å²) in [5.74, 6) is 0.322. The summed E-state index contributed by atoms with van der Waals surface area (Å²) in [6.07, 6.45) is -0.509. The van der Waals surface area contributed by atoms with E-state index in [1.807, 2.05) is 0 Å². The molecular weight excluding hydrogens is 481 g/mol. The van der Waals surface area contributed by atoms with Gasteiger partial charge < -0.3 is 19.3 Å². The number of hydrogen-bond acceptors (Lipinski definition) is 8. The van der Waals surface area contributed by atoms with E-state index < -0.39 is 17.3 Å². The van der Waals surface area contributed by atoms with E-state index in [4.69, 9.17) is 21.1 Å². The van der Waals surface area contributed by atoms with Gasteiger partial charge in [0.05, 0.1) is 30.4 Å². The van der Waals surface area contributed by atoms with Crippen molar-refractivity contribution in [2.45, 2.75) is 37.6 Å². The molecule has 2 fully saturated rings. The quantitative estimate of drug-likeness (QED) is 0.637. The van der Waals surface area contributed by atoms with Gasteiger partial charge in [-0.3, -0.25) is 9.59 Å². The second-order valence-corrected chi connectivity index (χ2v) is 8.37. The predicted octanol–water partition coefficient (Wildman–Crippen LogP) is 1.90. The maximum atomic E-state index is 12.7. The molecule has 0 bridgehead atoms. The smallest absolute Gasteiger partial charge is 0.419 e. The zero-order chi connectivity index (χ0) is 24.3. The molecule has 2 aliphatic rings. The third kappa shape index (κ3) is 5.76. The summed E-state index contributed by atoms with van der Waals surface area (Å²) < 4.78 is 49.4. The van der Waals surface area contributed by atoms with Crippen LogP contribution in [0.4, 0.5) is 19.1 Å². The number of nitrogens with zero attached hydrogens (tertiary/aromatic N) is 5. The lowest BCUT2D eigenvalue weighted by atomic mass is 10.1. The van der Waals surface area contributed by atoms with Crippen LogP contribution in [0.25, 0.3) is 0 Å². The molecule has 0 unspecified atom stereocenters. The van der Waals surface area contributed by atoms with Gasteiger partial charge >= 0.3 is 6.18 Å². The Kier molecular flexibility index (Phi) is 7.22. The number of carbonyl (C=O) groups excluding carboxylic acids is 1. The van der Waals surface area contributed by atoms with Crippen LogP contribution in [0.15, 0.2) is 23.4 Å². The van der Waals surface area contributed by atoms with Crippen LogP contribution in [0.2, 0.25) is 5.02 Å². The molecule has 184 valence electrons. The zero-order valence-corrected chi connectivity index (χ0v) is 18.7. The van der Waals surface area contributed by atoms with E-state index >= 15 is 0 Å². The molecule has 0 saturated carbocycles. The van der Waals surface area contributed by atoms with Gasteiger partial charge in [0.2, 0.25) is 11.9 Å². The number of aromatic amines is 1. The van der Waals surface area contributed by atoms with Crippen molar-refractivity contribution in [1.29, 1.82) is 0 Å². The molecule has 14 heteroatoms. The Bertz CT molecular complexity index is 1060. The highest BCUT2D eigenvalue weighted by Gasteiger charge is 2.33. The summed E-state index contributed by atoms with van der Waals surface area (Å²) in [4.78, 5) is 35.2. The van der Waals surface area contributed by atoms with Crippen molar-refractivity contribution >= 4 is 23.5 Å². The van der Waals surface area contributed by atoms with Crippen molar-refractivity contribution in [1.82, 2.24) is 25.1 Å². The molecule has 4 rings (SSSR count). The Morgan fingerprint density at radius 3 is 2.50 bits per heavy atom. The van der Waals surface area contributed by atoms with Gasteiger partial charge in [-0.1, -0.05) is 11.6 Å². The van der Waals surface area contributed by atoms with Gasteiger partial charge in [-0.25, -0.2) is 15.1 Å². The van der Waals surface area contributed by atoms with E-state index in [1.165, 1.54) is 6.20 Å². The maximum Gasteiger partial charge on any atom is 0.419 e. The van der Waals surface area contributed by atoms with Gasteiger partial charge in [0.25, 0.3) is 5.56 Å². The number of anilines is 1. The van der Waals surface area contributed by atoms with E-state index in [2.05, 4.69) is 20.2 Å². The topological polar surface area (TPSA) is 114 Å². The number of amides is 1. The Hall–Kier alpha value is -2.93. The average Bonchev–Trinajstić information content (AvgIpc) is 3.27. The molecule has 2 atom stereocenters. The fraction of sp³-hybridized carbons (Fsp3) is 0.550. The molecule has 0 radical (unpaired) electrons. The summed E-state index contributed by atoms with van der Waals surface area (Å²) in [5, 5.41) is 5.76. The van der Waals surface area contributed by atoms with Gasteiger partial charge in [0.1, 0.15) is 6.61 Å². The van der Waals surface area contributed by atoms with Crippen LogP contribution in [0.5, 0.6) is 5.75 Å². The number of nitrogens with one attached hydrogen (secondary N) is 1. The molecule has 34 heavy (non-hydrogen) atoms. The minimum atomic E-state index is -4.48. The molecule has 0 aromatic carbocycles. The largest absolute Gasteiger partial charge is 0.487 e. The fourth-order valence-electron chi connectivity index (χ4n) is 3.81. The number of piperazine rings is 1. The van der Waals surface area contributed by atoms with E-state index in [0.717, 1.165) is 12.4 Å². The van der Waals surface area contributed by atoms with Crippen LogP contribution in [0, 0.1) is 0 Å². The van der Waals surface area contributed by atoms with Crippen LogP contribution < -0.4 is 15.2 Å². The van der Waals surface area contributed by atoms with Crippen LogP contribution in [-0.4, -0.2) is 76.0 Å². The predicted molar refractivity (Wildman–Crippen MR) is 114 cm³/mol. The lowest BCUT2D eigenvalue weighted by Gasteiger charge is -2.35. The summed E-state index contributed by atoms with van der Waals surface area (Å²) in [7, 11) is 0. The number of alkyl halides is 3. The molecule has 2 aromatic heterocycles. The van der Waals surface area contributed by atoms with Crippen molar-refractivity contribution in [2.24, 2.45) is 0 Å². The van der Waals surface area contributed by atoms with E-state index in [1.54, 1.807) is 9.80 Å². The number of H-pyrrole nitrogens is 1. The number of ether oxygens (including phenoxy) is 2. The van der Waals surface area contributed by atoms with Crippen LogP contribution >= 0.6 is 11.6 Å². The second-order valence-electron chi connectivity index (χ2n) is 7.99. The molecule has 0 aliphatic carbocycles. The lowest BCUT2D eigenvalue weighted by molar-refractivity contribution is -0.138. The van der Waals surface area contributed by atoms with Crippen molar-refractivity contribution in [2.75, 3.05) is 37.7 Å².